The van der Waals surface area contributed by atoms with E-state index in [-0.39, 0.29) is 23.3 Å². The van der Waals surface area contributed by atoms with E-state index < -0.39 is 17.1 Å². The molecule has 0 saturated heterocycles. The predicted molar refractivity (Wildman–Crippen MR) is 71.1 cm³/mol. The van der Waals surface area contributed by atoms with Crippen LogP contribution in [0.4, 0.5) is 4.39 Å². The Morgan fingerprint density at radius 1 is 1.30 bits per heavy atom. The highest BCUT2D eigenvalue weighted by Gasteiger charge is 2.14. The average Bonchev–Trinajstić information content (AvgIpc) is 2.93. The summed E-state index contributed by atoms with van der Waals surface area (Å²) in [5.41, 5.74) is -0.250. The zero-order chi connectivity index (χ0) is 14.3. The maximum absolute atomic E-state index is 13.6. The van der Waals surface area contributed by atoms with Gasteiger partial charge in [-0.1, -0.05) is 18.2 Å². The van der Waals surface area contributed by atoms with Crippen LogP contribution >= 0.6 is 0 Å². The van der Waals surface area contributed by atoms with Crippen molar-refractivity contribution in [3.05, 3.63) is 62.8 Å². The highest BCUT2D eigenvalue weighted by Crippen LogP contribution is 2.07. The van der Waals surface area contributed by atoms with E-state index in [9.17, 15) is 14.0 Å². The third-order valence-corrected chi connectivity index (χ3v) is 3.20. The minimum Gasteiger partial charge on any atom is -0.339 e. The molecule has 7 heteroatoms. The number of aromatic amines is 1. The molecule has 0 aliphatic carbocycles. The van der Waals surface area contributed by atoms with Crippen molar-refractivity contribution in [1.29, 1.82) is 0 Å². The van der Waals surface area contributed by atoms with E-state index in [0.717, 1.165) is 4.57 Å². The number of benzene rings is 1. The number of H-pyrrole nitrogens is 1. The van der Waals surface area contributed by atoms with E-state index in [0.29, 0.717) is 0 Å². The van der Waals surface area contributed by atoms with Gasteiger partial charge in [0.05, 0.1) is 12.9 Å². The van der Waals surface area contributed by atoms with Gasteiger partial charge in [-0.05, 0) is 6.07 Å². The van der Waals surface area contributed by atoms with Crippen molar-refractivity contribution >= 4 is 11.2 Å². The third-order valence-electron chi connectivity index (χ3n) is 3.20. The van der Waals surface area contributed by atoms with E-state index in [1.165, 1.54) is 24.0 Å². The number of aromatic nitrogens is 4. The molecule has 0 spiro atoms. The van der Waals surface area contributed by atoms with Crippen LogP contribution in [0.15, 0.2) is 40.2 Å². The summed E-state index contributed by atoms with van der Waals surface area (Å²) in [6.45, 7) is -0.118. The first-order valence-electron chi connectivity index (χ1n) is 5.96. The zero-order valence-corrected chi connectivity index (χ0v) is 10.6. The van der Waals surface area contributed by atoms with E-state index in [1.807, 2.05) is 0 Å². The van der Waals surface area contributed by atoms with Gasteiger partial charge in [0.1, 0.15) is 11.3 Å². The Kier molecular flexibility index (Phi) is 2.74. The fourth-order valence-electron chi connectivity index (χ4n) is 2.13. The summed E-state index contributed by atoms with van der Waals surface area (Å²) in [6, 6.07) is 6.04. The molecule has 3 aromatic rings. The standard InChI is InChI=1S/C13H11FN4O2/c1-17-11-10(15-7-16-11)12(19)18(13(17)20)6-8-4-2-3-5-9(8)14/h2-5,7H,6H2,1H3,(H,15,16). The Morgan fingerprint density at radius 2 is 2.05 bits per heavy atom. The summed E-state index contributed by atoms with van der Waals surface area (Å²) in [4.78, 5) is 31.0. The second-order valence-corrected chi connectivity index (χ2v) is 4.43. The van der Waals surface area contributed by atoms with Crippen molar-refractivity contribution in [2.75, 3.05) is 0 Å². The Labute approximate surface area is 112 Å². The van der Waals surface area contributed by atoms with Crippen molar-refractivity contribution in [3.63, 3.8) is 0 Å². The Morgan fingerprint density at radius 3 is 2.80 bits per heavy atom. The normalized spacial score (nSPS) is 11.1. The lowest BCUT2D eigenvalue weighted by Crippen LogP contribution is -2.39. The molecule has 0 amide bonds. The Hall–Kier alpha value is -2.70. The lowest BCUT2D eigenvalue weighted by atomic mass is 10.2. The molecule has 0 atom stereocenters. The summed E-state index contributed by atoms with van der Waals surface area (Å²) in [6.07, 6.45) is 1.35. The zero-order valence-electron chi connectivity index (χ0n) is 10.6. The first kappa shape index (κ1) is 12.3. The van der Waals surface area contributed by atoms with E-state index in [2.05, 4.69) is 9.97 Å². The fraction of sp³-hybridized carbons (Fsp3) is 0.154. The number of rotatable bonds is 2. The maximum atomic E-state index is 13.6. The van der Waals surface area contributed by atoms with Gasteiger partial charge in [-0.2, -0.15) is 0 Å². The summed E-state index contributed by atoms with van der Waals surface area (Å²) in [7, 11) is 1.52. The van der Waals surface area contributed by atoms with Gasteiger partial charge in [0.25, 0.3) is 5.56 Å². The van der Waals surface area contributed by atoms with Gasteiger partial charge >= 0.3 is 5.69 Å². The molecular formula is C13H11FN4O2. The molecule has 0 bridgehead atoms. The summed E-state index contributed by atoms with van der Waals surface area (Å²) >= 11 is 0. The Balaban J connectivity index is 2.25. The summed E-state index contributed by atoms with van der Waals surface area (Å²) < 4.78 is 15.9. The second kappa shape index (κ2) is 4.44. The van der Waals surface area contributed by atoms with Crippen LogP contribution in [0.1, 0.15) is 5.56 Å². The number of nitrogens with one attached hydrogen (secondary N) is 1. The fourth-order valence-corrected chi connectivity index (χ4v) is 2.13. The minimum absolute atomic E-state index is 0.118. The smallest absolute Gasteiger partial charge is 0.332 e. The topological polar surface area (TPSA) is 72.7 Å². The van der Waals surface area contributed by atoms with Crippen LogP contribution in [0.3, 0.4) is 0 Å². The van der Waals surface area contributed by atoms with Crippen LogP contribution in [0, 0.1) is 5.82 Å². The molecule has 102 valence electrons. The molecule has 6 nitrogen and oxygen atoms in total. The quantitative estimate of drug-likeness (QED) is 0.744. The molecule has 0 aliphatic rings. The van der Waals surface area contributed by atoms with Crippen LogP contribution in [0.2, 0.25) is 0 Å². The monoisotopic (exact) mass is 274 g/mol. The highest BCUT2D eigenvalue weighted by atomic mass is 19.1. The number of aryl methyl sites for hydroxylation is 1. The average molecular weight is 274 g/mol. The Bertz CT molecular complexity index is 907. The molecule has 0 unspecified atom stereocenters. The van der Waals surface area contributed by atoms with Crippen LogP contribution in [0.5, 0.6) is 0 Å². The van der Waals surface area contributed by atoms with Gasteiger partial charge < -0.3 is 4.98 Å². The molecule has 2 heterocycles. The largest absolute Gasteiger partial charge is 0.339 e. The molecule has 20 heavy (non-hydrogen) atoms. The summed E-state index contributed by atoms with van der Waals surface area (Å²) in [5, 5.41) is 0. The lowest BCUT2D eigenvalue weighted by molar-refractivity contribution is 0.582. The number of hydrogen-bond acceptors (Lipinski definition) is 3. The van der Waals surface area contributed by atoms with Crippen molar-refractivity contribution < 1.29 is 4.39 Å². The lowest BCUT2D eigenvalue weighted by Gasteiger charge is -2.08. The van der Waals surface area contributed by atoms with Gasteiger partial charge in [-0.3, -0.25) is 13.9 Å². The molecule has 0 aliphatic heterocycles. The SMILES string of the molecule is Cn1c(=O)n(Cc2ccccc2F)c(=O)c2[nH]cnc21. The highest BCUT2D eigenvalue weighted by molar-refractivity contribution is 5.68. The van der Waals surface area contributed by atoms with Crippen molar-refractivity contribution in [3.8, 4) is 0 Å². The maximum Gasteiger partial charge on any atom is 0.332 e. The number of nitrogens with zero attached hydrogens (tertiary/aromatic N) is 3. The van der Waals surface area contributed by atoms with E-state index in [1.54, 1.807) is 18.2 Å². The molecule has 0 fully saturated rings. The van der Waals surface area contributed by atoms with Crippen LogP contribution in [-0.2, 0) is 13.6 Å². The van der Waals surface area contributed by atoms with Gasteiger partial charge in [-0.15, -0.1) is 0 Å². The number of halogens is 1. The van der Waals surface area contributed by atoms with Crippen molar-refractivity contribution in [2.45, 2.75) is 6.54 Å². The molecule has 1 aromatic carbocycles. The first-order chi connectivity index (χ1) is 9.59. The first-order valence-corrected chi connectivity index (χ1v) is 5.96. The number of imidazole rings is 1. The van der Waals surface area contributed by atoms with Crippen LogP contribution in [-0.4, -0.2) is 19.1 Å². The molecule has 3 rings (SSSR count). The second-order valence-electron chi connectivity index (χ2n) is 4.43. The summed E-state index contributed by atoms with van der Waals surface area (Å²) in [5.74, 6) is -0.453. The van der Waals surface area contributed by atoms with Gasteiger partial charge in [-0.25, -0.2) is 14.2 Å². The van der Waals surface area contributed by atoms with Gasteiger partial charge in [0, 0.05) is 12.6 Å². The molecular weight excluding hydrogens is 263 g/mol. The van der Waals surface area contributed by atoms with E-state index >= 15 is 0 Å². The van der Waals surface area contributed by atoms with Crippen molar-refractivity contribution in [1.82, 2.24) is 19.1 Å². The number of fused-ring (bicyclic) bond motifs is 1. The number of hydrogen-bond donors (Lipinski definition) is 1. The van der Waals surface area contributed by atoms with Gasteiger partial charge in [0.15, 0.2) is 5.65 Å². The molecule has 2 aromatic heterocycles. The molecule has 0 saturated carbocycles. The van der Waals surface area contributed by atoms with Crippen LogP contribution < -0.4 is 11.2 Å². The van der Waals surface area contributed by atoms with Crippen molar-refractivity contribution in [2.24, 2.45) is 7.05 Å². The predicted octanol–water partition coefficient (Wildman–Crippen LogP) is 0.611. The minimum atomic E-state index is -0.530. The third kappa shape index (κ3) is 1.75. The van der Waals surface area contributed by atoms with E-state index in [4.69, 9.17) is 0 Å². The molecule has 0 radical (unpaired) electrons. The molecule has 1 N–H and O–H groups in total. The van der Waals surface area contributed by atoms with Crippen LogP contribution in [0.25, 0.3) is 11.2 Å². The van der Waals surface area contributed by atoms with Gasteiger partial charge in [0.2, 0.25) is 0 Å².